The third kappa shape index (κ3) is 8.35. The summed E-state index contributed by atoms with van der Waals surface area (Å²) in [6.07, 6.45) is 6.51. The first-order valence-electron chi connectivity index (χ1n) is 11.6. The van der Waals surface area contributed by atoms with Crippen molar-refractivity contribution in [3.63, 3.8) is 0 Å². The smallest absolute Gasteiger partial charge is 0.306 e. The fourth-order valence-corrected chi connectivity index (χ4v) is 3.78. The van der Waals surface area contributed by atoms with Crippen molar-refractivity contribution in [1.29, 1.82) is 0 Å². The molecule has 1 heterocycles. The molecule has 34 heavy (non-hydrogen) atoms. The maximum Gasteiger partial charge on any atom is 0.306 e. The summed E-state index contributed by atoms with van der Waals surface area (Å²) in [5.74, 6) is -1.69. The molecule has 0 spiro atoms. The number of esters is 1. The highest BCUT2D eigenvalue weighted by molar-refractivity contribution is 5.69. The van der Waals surface area contributed by atoms with Gasteiger partial charge in [0.25, 0.3) is 0 Å². The van der Waals surface area contributed by atoms with E-state index in [0.717, 1.165) is 18.1 Å². The minimum absolute atomic E-state index is 0.175. The first-order chi connectivity index (χ1) is 16.4. The second kappa shape index (κ2) is 13.0. The first kappa shape index (κ1) is 25.5. The van der Waals surface area contributed by atoms with E-state index in [1.807, 2.05) is 22.9 Å². The number of nitrogens with two attached hydrogens (primary N) is 1. The summed E-state index contributed by atoms with van der Waals surface area (Å²) in [7, 11) is 0. The molecule has 0 aliphatic heterocycles. The number of ether oxygens (including phenoxy) is 1. The van der Waals surface area contributed by atoms with Gasteiger partial charge in [-0.05, 0) is 48.1 Å². The molecule has 0 saturated heterocycles. The summed E-state index contributed by atoms with van der Waals surface area (Å²) < 4.78 is 34.8. The van der Waals surface area contributed by atoms with Gasteiger partial charge in [-0.25, -0.2) is 13.8 Å². The van der Waals surface area contributed by atoms with Crippen LogP contribution in [0.2, 0.25) is 0 Å². The Bertz CT molecular complexity index is 1020. The number of aryl methyl sites for hydroxylation is 2. The van der Waals surface area contributed by atoms with Crippen molar-refractivity contribution in [1.82, 2.24) is 14.9 Å². The summed E-state index contributed by atoms with van der Waals surface area (Å²) in [4.78, 5) is 16.5. The zero-order chi connectivity index (χ0) is 24.3. The molecule has 0 bridgehead atoms. The molecule has 0 radical (unpaired) electrons. The molecule has 0 fully saturated rings. The number of hydrogen-bond acceptors (Lipinski definition) is 5. The van der Waals surface area contributed by atoms with Crippen LogP contribution >= 0.6 is 0 Å². The number of nitrogens with one attached hydrogen (secondary N) is 1. The predicted molar refractivity (Wildman–Crippen MR) is 127 cm³/mol. The number of nitrogens with zero attached hydrogens (tertiary/aromatic N) is 2. The van der Waals surface area contributed by atoms with E-state index in [9.17, 15) is 13.6 Å². The predicted octanol–water partition coefficient (Wildman–Crippen LogP) is 3.78. The highest BCUT2D eigenvalue weighted by atomic mass is 19.1. The lowest BCUT2D eigenvalue weighted by atomic mass is 10.0. The van der Waals surface area contributed by atoms with Gasteiger partial charge in [0.05, 0.1) is 6.33 Å². The van der Waals surface area contributed by atoms with Crippen LogP contribution < -0.4 is 11.1 Å². The Morgan fingerprint density at radius 3 is 2.62 bits per heavy atom. The lowest BCUT2D eigenvalue weighted by Gasteiger charge is -2.25. The van der Waals surface area contributed by atoms with Crippen LogP contribution in [-0.4, -0.2) is 34.2 Å². The Balaban J connectivity index is 1.59. The Labute approximate surface area is 199 Å². The molecule has 3 N–H and O–H groups in total. The van der Waals surface area contributed by atoms with Crippen LogP contribution in [0.25, 0.3) is 0 Å². The molecule has 2 aromatic carbocycles. The molecule has 6 nitrogen and oxygen atoms in total. The normalized spacial score (nSPS) is 12.9. The first-order valence-corrected chi connectivity index (χ1v) is 11.6. The van der Waals surface area contributed by atoms with Crippen LogP contribution in [0, 0.1) is 11.6 Å². The maximum atomic E-state index is 13.6. The van der Waals surface area contributed by atoms with Crippen molar-refractivity contribution < 1.29 is 18.3 Å². The second-order valence-corrected chi connectivity index (χ2v) is 8.38. The minimum Gasteiger partial charge on any atom is -0.459 e. The van der Waals surface area contributed by atoms with Gasteiger partial charge in [0.2, 0.25) is 0 Å². The van der Waals surface area contributed by atoms with E-state index in [-0.39, 0.29) is 18.8 Å². The van der Waals surface area contributed by atoms with Crippen molar-refractivity contribution in [2.24, 2.45) is 5.73 Å². The highest BCUT2D eigenvalue weighted by Gasteiger charge is 2.23. The van der Waals surface area contributed by atoms with Gasteiger partial charge < -0.3 is 20.4 Å². The van der Waals surface area contributed by atoms with Gasteiger partial charge in [-0.2, -0.15) is 0 Å². The molecule has 3 rings (SSSR count). The van der Waals surface area contributed by atoms with E-state index in [1.165, 1.54) is 17.7 Å². The van der Waals surface area contributed by atoms with Crippen molar-refractivity contribution in [2.45, 2.75) is 57.8 Å². The second-order valence-electron chi connectivity index (χ2n) is 8.38. The maximum absolute atomic E-state index is 13.6. The number of rotatable bonds is 13. The summed E-state index contributed by atoms with van der Waals surface area (Å²) in [5, 5.41) is 3.31. The lowest BCUT2D eigenvalue weighted by molar-refractivity contribution is -0.150. The molecule has 0 unspecified atom stereocenters. The molecule has 8 heteroatoms. The third-order valence-electron chi connectivity index (χ3n) is 5.58. The van der Waals surface area contributed by atoms with Gasteiger partial charge in [0.1, 0.15) is 17.7 Å². The number of hydrogen-bond donors (Lipinski definition) is 2. The zero-order valence-electron chi connectivity index (χ0n) is 19.4. The Hall–Kier alpha value is -3.10. The number of imidazole rings is 1. The largest absolute Gasteiger partial charge is 0.459 e. The van der Waals surface area contributed by atoms with Crippen molar-refractivity contribution in [3.05, 3.63) is 89.5 Å². The van der Waals surface area contributed by atoms with Crippen LogP contribution in [-0.2, 0) is 35.5 Å². The number of carbonyl (C=O) groups is 1. The zero-order valence-corrected chi connectivity index (χ0v) is 19.4. The fourth-order valence-electron chi connectivity index (χ4n) is 3.78. The van der Waals surface area contributed by atoms with E-state index >= 15 is 0 Å². The van der Waals surface area contributed by atoms with Crippen LogP contribution in [0.4, 0.5) is 8.78 Å². The SMILES string of the molecule is CCc1cccc(CNC[C@@H](OC(=O)CCCn2ccnc2)[C@@H](N)Cc2cc(F)cc(F)c2)c1. The lowest BCUT2D eigenvalue weighted by Crippen LogP contribution is -2.46. The van der Waals surface area contributed by atoms with Gasteiger partial charge in [-0.3, -0.25) is 4.79 Å². The number of carbonyl (C=O) groups excluding carboxylic acids is 1. The number of aromatic nitrogens is 2. The van der Waals surface area contributed by atoms with Crippen LogP contribution in [0.3, 0.4) is 0 Å². The summed E-state index contributed by atoms with van der Waals surface area (Å²) >= 11 is 0. The molecular formula is C26H32F2N4O2. The van der Waals surface area contributed by atoms with E-state index in [1.54, 1.807) is 12.5 Å². The van der Waals surface area contributed by atoms with E-state index < -0.39 is 23.8 Å². The standard InChI is InChI=1S/C26H32F2N4O2/c1-2-19-5-3-6-20(11-19)16-31-17-25(24(29)14-21-12-22(27)15-23(28)13-21)34-26(33)7-4-9-32-10-8-30-18-32/h3,5-6,8,10-13,15,18,24-25,31H,2,4,7,9,14,16-17,29H2,1H3/t24-,25+/m0/s1. The summed E-state index contributed by atoms with van der Waals surface area (Å²) in [6.45, 7) is 3.66. The summed E-state index contributed by atoms with van der Waals surface area (Å²) in [5.41, 5.74) is 9.13. The van der Waals surface area contributed by atoms with Gasteiger partial charge in [0, 0.05) is 50.6 Å². The third-order valence-corrected chi connectivity index (χ3v) is 5.58. The topological polar surface area (TPSA) is 82.2 Å². The Morgan fingerprint density at radius 2 is 1.91 bits per heavy atom. The molecule has 3 aromatic rings. The van der Waals surface area contributed by atoms with Gasteiger partial charge in [0.15, 0.2) is 0 Å². The number of benzene rings is 2. The average Bonchev–Trinajstić information content (AvgIpc) is 3.31. The van der Waals surface area contributed by atoms with Gasteiger partial charge >= 0.3 is 5.97 Å². The van der Waals surface area contributed by atoms with Crippen LogP contribution in [0.1, 0.15) is 36.5 Å². The molecule has 0 aliphatic carbocycles. The van der Waals surface area contributed by atoms with E-state index in [4.69, 9.17) is 10.5 Å². The highest BCUT2D eigenvalue weighted by Crippen LogP contribution is 2.13. The average molecular weight is 471 g/mol. The van der Waals surface area contributed by atoms with Gasteiger partial charge in [-0.1, -0.05) is 31.2 Å². The number of halogens is 2. The minimum atomic E-state index is -0.663. The molecule has 1 aromatic heterocycles. The van der Waals surface area contributed by atoms with Crippen LogP contribution in [0.15, 0.2) is 61.2 Å². The molecular weight excluding hydrogens is 438 g/mol. The Kier molecular flexibility index (Phi) is 9.73. The van der Waals surface area contributed by atoms with Crippen molar-refractivity contribution >= 4 is 5.97 Å². The monoisotopic (exact) mass is 470 g/mol. The fraction of sp³-hybridized carbons (Fsp3) is 0.385. The Morgan fingerprint density at radius 1 is 1.15 bits per heavy atom. The van der Waals surface area contributed by atoms with Crippen molar-refractivity contribution in [3.8, 4) is 0 Å². The molecule has 0 saturated carbocycles. The molecule has 2 atom stereocenters. The molecule has 0 aliphatic rings. The molecule has 0 amide bonds. The molecule has 182 valence electrons. The van der Waals surface area contributed by atoms with Crippen molar-refractivity contribution in [2.75, 3.05) is 6.54 Å². The van der Waals surface area contributed by atoms with Gasteiger partial charge in [-0.15, -0.1) is 0 Å². The van der Waals surface area contributed by atoms with Crippen LogP contribution in [0.5, 0.6) is 0 Å². The summed E-state index contributed by atoms with van der Waals surface area (Å²) in [6, 6.07) is 10.9. The quantitative estimate of drug-likeness (QED) is 0.372. The van der Waals surface area contributed by atoms with E-state index in [0.29, 0.717) is 31.6 Å². The van der Waals surface area contributed by atoms with E-state index in [2.05, 4.69) is 29.4 Å².